The summed E-state index contributed by atoms with van der Waals surface area (Å²) in [4.78, 5) is 0. The molecule has 0 saturated carbocycles. The monoisotopic (exact) mass is 343 g/mol. The molecule has 0 amide bonds. The highest BCUT2D eigenvalue weighted by molar-refractivity contribution is 9.11. The van der Waals surface area contributed by atoms with Crippen LogP contribution in [-0.4, -0.2) is 0 Å². The van der Waals surface area contributed by atoms with Crippen molar-refractivity contribution in [3.05, 3.63) is 56.4 Å². The average Bonchev–Trinajstić information content (AvgIpc) is 2.67. The maximum absolute atomic E-state index is 6.19. The number of nitrogens with two attached hydrogens (primary N) is 1. The van der Waals surface area contributed by atoms with Crippen molar-refractivity contribution in [1.29, 1.82) is 0 Å². The van der Waals surface area contributed by atoms with E-state index in [1.807, 2.05) is 31.2 Å². The zero-order valence-electron chi connectivity index (χ0n) is 8.71. The second kappa shape index (κ2) is 4.73. The molecule has 2 rings (SSSR count). The number of benzene rings is 1. The summed E-state index contributed by atoms with van der Waals surface area (Å²) in [6.07, 6.45) is 1.66. The SMILES string of the molecule is Cc1ccoc1C(N)c1cc(Br)ccc1Br. The van der Waals surface area contributed by atoms with Crippen molar-refractivity contribution in [2.45, 2.75) is 13.0 Å². The molecule has 1 heterocycles. The molecule has 1 aromatic heterocycles. The summed E-state index contributed by atoms with van der Waals surface area (Å²) in [6, 6.07) is 7.60. The first-order valence-corrected chi connectivity index (χ1v) is 6.42. The van der Waals surface area contributed by atoms with Crippen molar-refractivity contribution in [2.24, 2.45) is 5.73 Å². The van der Waals surface area contributed by atoms with Crippen LogP contribution in [0.2, 0.25) is 0 Å². The topological polar surface area (TPSA) is 39.2 Å². The number of hydrogen-bond donors (Lipinski definition) is 1. The Labute approximate surface area is 111 Å². The zero-order chi connectivity index (χ0) is 11.7. The normalized spacial score (nSPS) is 12.8. The quantitative estimate of drug-likeness (QED) is 0.888. The largest absolute Gasteiger partial charge is 0.467 e. The Bertz CT molecular complexity index is 507. The summed E-state index contributed by atoms with van der Waals surface area (Å²) in [5.74, 6) is 0.804. The summed E-state index contributed by atoms with van der Waals surface area (Å²) in [5.41, 5.74) is 8.26. The molecule has 1 unspecified atom stereocenters. The van der Waals surface area contributed by atoms with Gasteiger partial charge >= 0.3 is 0 Å². The molecule has 2 nitrogen and oxygen atoms in total. The fourth-order valence-electron chi connectivity index (χ4n) is 1.60. The molecule has 1 aromatic carbocycles. The summed E-state index contributed by atoms with van der Waals surface area (Å²) >= 11 is 6.94. The lowest BCUT2D eigenvalue weighted by molar-refractivity contribution is 0.486. The van der Waals surface area contributed by atoms with E-state index in [1.165, 1.54) is 0 Å². The van der Waals surface area contributed by atoms with Crippen LogP contribution in [0, 0.1) is 6.92 Å². The highest BCUT2D eigenvalue weighted by Gasteiger charge is 2.17. The van der Waals surface area contributed by atoms with Crippen LogP contribution < -0.4 is 5.73 Å². The maximum Gasteiger partial charge on any atom is 0.127 e. The van der Waals surface area contributed by atoms with Crippen LogP contribution in [0.3, 0.4) is 0 Å². The molecule has 4 heteroatoms. The van der Waals surface area contributed by atoms with E-state index in [9.17, 15) is 0 Å². The van der Waals surface area contributed by atoms with Crippen molar-refractivity contribution in [3.8, 4) is 0 Å². The maximum atomic E-state index is 6.19. The van der Waals surface area contributed by atoms with Gasteiger partial charge in [0.25, 0.3) is 0 Å². The fourth-order valence-corrected chi connectivity index (χ4v) is 2.47. The highest BCUT2D eigenvalue weighted by atomic mass is 79.9. The Morgan fingerprint density at radius 3 is 2.62 bits per heavy atom. The number of aryl methyl sites for hydroxylation is 1. The Hall–Kier alpha value is -0.580. The molecule has 0 spiro atoms. The highest BCUT2D eigenvalue weighted by Crippen LogP contribution is 2.31. The first-order chi connectivity index (χ1) is 7.59. The Morgan fingerprint density at radius 2 is 2.00 bits per heavy atom. The third kappa shape index (κ3) is 2.24. The van der Waals surface area contributed by atoms with Gasteiger partial charge in [0.2, 0.25) is 0 Å². The van der Waals surface area contributed by atoms with E-state index < -0.39 is 0 Å². The van der Waals surface area contributed by atoms with Gasteiger partial charge in [-0.2, -0.15) is 0 Å². The zero-order valence-corrected chi connectivity index (χ0v) is 11.9. The first-order valence-electron chi connectivity index (χ1n) is 4.84. The van der Waals surface area contributed by atoms with Gasteiger partial charge in [-0.05, 0) is 42.3 Å². The molecule has 1 atom stereocenters. The van der Waals surface area contributed by atoms with Crippen LogP contribution in [0.5, 0.6) is 0 Å². The molecule has 0 saturated heterocycles. The third-order valence-corrected chi connectivity index (χ3v) is 3.69. The molecule has 2 aromatic rings. The van der Waals surface area contributed by atoms with Crippen molar-refractivity contribution >= 4 is 31.9 Å². The number of rotatable bonds is 2. The van der Waals surface area contributed by atoms with E-state index in [2.05, 4.69) is 31.9 Å². The summed E-state index contributed by atoms with van der Waals surface area (Å²) in [6.45, 7) is 1.99. The molecule has 2 N–H and O–H groups in total. The van der Waals surface area contributed by atoms with Crippen molar-refractivity contribution in [2.75, 3.05) is 0 Å². The minimum absolute atomic E-state index is 0.248. The Morgan fingerprint density at radius 1 is 1.25 bits per heavy atom. The van der Waals surface area contributed by atoms with Crippen molar-refractivity contribution < 1.29 is 4.42 Å². The van der Waals surface area contributed by atoms with Crippen LogP contribution >= 0.6 is 31.9 Å². The molecule has 0 aliphatic rings. The molecule has 0 fully saturated rings. The number of furan rings is 1. The molecule has 0 aliphatic heterocycles. The minimum atomic E-state index is -0.248. The van der Waals surface area contributed by atoms with Gasteiger partial charge in [0.15, 0.2) is 0 Å². The van der Waals surface area contributed by atoms with Crippen LogP contribution in [-0.2, 0) is 0 Å². The lowest BCUT2D eigenvalue weighted by Crippen LogP contribution is -2.12. The minimum Gasteiger partial charge on any atom is -0.467 e. The van der Waals surface area contributed by atoms with Gasteiger partial charge in [-0.25, -0.2) is 0 Å². The number of halogens is 2. The average molecular weight is 345 g/mol. The van der Waals surface area contributed by atoms with Gasteiger partial charge in [0, 0.05) is 8.95 Å². The van der Waals surface area contributed by atoms with Crippen LogP contribution in [0.25, 0.3) is 0 Å². The van der Waals surface area contributed by atoms with Crippen molar-refractivity contribution in [3.63, 3.8) is 0 Å². The lowest BCUT2D eigenvalue weighted by Gasteiger charge is -2.13. The van der Waals surface area contributed by atoms with Crippen LogP contribution in [0.4, 0.5) is 0 Å². The Balaban J connectivity index is 2.45. The molecule has 0 aliphatic carbocycles. The third-order valence-electron chi connectivity index (χ3n) is 2.48. The van der Waals surface area contributed by atoms with Gasteiger partial charge in [0.05, 0.1) is 12.3 Å². The van der Waals surface area contributed by atoms with Gasteiger partial charge in [-0.1, -0.05) is 31.9 Å². The van der Waals surface area contributed by atoms with Gasteiger partial charge < -0.3 is 10.2 Å². The van der Waals surface area contributed by atoms with Gasteiger partial charge in [-0.15, -0.1) is 0 Å². The second-order valence-electron chi connectivity index (χ2n) is 3.61. The second-order valence-corrected chi connectivity index (χ2v) is 5.38. The smallest absolute Gasteiger partial charge is 0.127 e. The molecule has 0 radical (unpaired) electrons. The van der Waals surface area contributed by atoms with E-state index in [1.54, 1.807) is 6.26 Å². The summed E-state index contributed by atoms with van der Waals surface area (Å²) < 4.78 is 7.40. The van der Waals surface area contributed by atoms with Crippen LogP contribution in [0.1, 0.15) is 22.9 Å². The van der Waals surface area contributed by atoms with Crippen LogP contribution in [0.15, 0.2) is 43.9 Å². The van der Waals surface area contributed by atoms with Gasteiger partial charge in [0.1, 0.15) is 5.76 Å². The first kappa shape index (κ1) is 11.9. The predicted molar refractivity (Wildman–Crippen MR) is 71.3 cm³/mol. The number of hydrogen-bond acceptors (Lipinski definition) is 2. The summed E-state index contributed by atoms with van der Waals surface area (Å²) in [7, 11) is 0. The summed E-state index contributed by atoms with van der Waals surface area (Å²) in [5, 5.41) is 0. The lowest BCUT2D eigenvalue weighted by atomic mass is 10.0. The molecular weight excluding hydrogens is 334 g/mol. The molecular formula is C12H11Br2NO. The van der Waals surface area contributed by atoms with E-state index in [0.29, 0.717) is 0 Å². The van der Waals surface area contributed by atoms with E-state index in [-0.39, 0.29) is 6.04 Å². The molecule has 84 valence electrons. The Kier molecular flexibility index (Phi) is 3.52. The molecule has 0 bridgehead atoms. The molecule has 16 heavy (non-hydrogen) atoms. The van der Waals surface area contributed by atoms with E-state index in [0.717, 1.165) is 25.8 Å². The van der Waals surface area contributed by atoms with E-state index >= 15 is 0 Å². The standard InChI is InChI=1S/C12H11Br2NO/c1-7-4-5-16-12(7)11(15)9-6-8(13)2-3-10(9)14/h2-6,11H,15H2,1H3. The fraction of sp³-hybridized carbons (Fsp3) is 0.167. The predicted octanol–water partition coefficient (Wildman–Crippen LogP) is 4.16. The van der Waals surface area contributed by atoms with Crippen molar-refractivity contribution in [1.82, 2.24) is 0 Å². The van der Waals surface area contributed by atoms with Gasteiger partial charge in [-0.3, -0.25) is 0 Å². The van der Waals surface area contributed by atoms with E-state index in [4.69, 9.17) is 10.2 Å².